The van der Waals surface area contributed by atoms with Crippen molar-refractivity contribution in [3.05, 3.63) is 78.1 Å². The van der Waals surface area contributed by atoms with Crippen molar-refractivity contribution in [1.29, 1.82) is 0 Å². The van der Waals surface area contributed by atoms with Crippen LogP contribution in [-0.4, -0.2) is 57.5 Å². The Labute approximate surface area is 205 Å². The third kappa shape index (κ3) is 5.68. The number of nitrogens with zero attached hydrogens (tertiary/aromatic N) is 4. The van der Waals surface area contributed by atoms with E-state index in [1.165, 1.54) is 11.9 Å². The first-order valence-corrected chi connectivity index (χ1v) is 12.2. The topological polar surface area (TPSA) is 78.5 Å². The number of nitrogens with one attached hydrogen (secondary N) is 2. The molecule has 2 aromatic carbocycles. The second kappa shape index (κ2) is 11.0. The van der Waals surface area contributed by atoms with Gasteiger partial charge in [0.25, 0.3) is 5.88 Å². The third-order valence-electron chi connectivity index (χ3n) is 6.60. The monoisotopic (exact) mass is 472 g/mol. The number of rotatable bonds is 9. The minimum absolute atomic E-state index is 0.177. The van der Waals surface area contributed by atoms with Gasteiger partial charge in [-0.1, -0.05) is 61.5 Å². The molecule has 1 atom stereocenters. The van der Waals surface area contributed by atoms with Crippen molar-refractivity contribution in [2.75, 3.05) is 32.7 Å². The maximum atomic E-state index is 5.63. The summed E-state index contributed by atoms with van der Waals surface area (Å²) in [5, 5.41) is 0.781. The Balaban J connectivity index is 1.22. The molecule has 0 radical (unpaired) electrons. The van der Waals surface area contributed by atoms with E-state index in [0.717, 1.165) is 61.5 Å². The molecule has 0 aliphatic carbocycles. The summed E-state index contributed by atoms with van der Waals surface area (Å²) in [7, 11) is 0. The maximum Gasteiger partial charge on any atom is 0.253 e. The summed E-state index contributed by atoms with van der Waals surface area (Å²) in [6.07, 6.45) is 1.30. The number of aromatic amines is 1. The van der Waals surface area contributed by atoms with Gasteiger partial charge < -0.3 is 14.7 Å². The molecule has 1 aliphatic rings. The van der Waals surface area contributed by atoms with Gasteiger partial charge in [-0.2, -0.15) is 4.98 Å². The van der Waals surface area contributed by atoms with Crippen LogP contribution in [0.4, 0.5) is 0 Å². The van der Waals surface area contributed by atoms with Crippen LogP contribution in [0.25, 0.3) is 22.3 Å². The molecule has 3 heterocycles. The maximum absolute atomic E-state index is 5.63. The number of likely N-dealkylation sites (N-methyl/N-ethyl adjacent to an activating group) is 1. The zero-order valence-electron chi connectivity index (χ0n) is 20.3. The SMILES string of the molecule is CCN1CCN(Cc2ccc(-c3cc4c(ONOC(C)c5ccccc5)ncnc4[nH]3)cc2)CC1. The van der Waals surface area contributed by atoms with Crippen molar-refractivity contribution in [3.63, 3.8) is 0 Å². The van der Waals surface area contributed by atoms with Crippen molar-refractivity contribution in [1.82, 2.24) is 30.4 Å². The average molecular weight is 473 g/mol. The highest BCUT2D eigenvalue weighted by Gasteiger charge is 2.16. The van der Waals surface area contributed by atoms with Crippen LogP contribution in [0.15, 0.2) is 67.0 Å². The number of H-pyrrole nitrogens is 1. The summed E-state index contributed by atoms with van der Waals surface area (Å²) in [5.74, 6) is 0.403. The molecule has 182 valence electrons. The van der Waals surface area contributed by atoms with Crippen molar-refractivity contribution >= 4 is 11.0 Å². The van der Waals surface area contributed by atoms with E-state index in [1.807, 2.05) is 43.3 Å². The Morgan fingerprint density at radius 2 is 1.71 bits per heavy atom. The van der Waals surface area contributed by atoms with E-state index in [2.05, 4.69) is 61.6 Å². The summed E-state index contributed by atoms with van der Waals surface area (Å²) in [6, 6.07) is 20.7. The Bertz CT molecular complexity index is 1220. The van der Waals surface area contributed by atoms with Crippen LogP contribution in [0.2, 0.25) is 0 Å². The Kier molecular flexibility index (Phi) is 7.34. The minimum atomic E-state index is -0.177. The highest BCUT2D eigenvalue weighted by Crippen LogP contribution is 2.28. The molecule has 35 heavy (non-hydrogen) atoms. The lowest BCUT2D eigenvalue weighted by Gasteiger charge is -2.34. The van der Waals surface area contributed by atoms with Gasteiger partial charge in [-0.3, -0.25) is 9.74 Å². The fraction of sp³-hybridized carbons (Fsp3) is 0.333. The number of piperazine rings is 1. The van der Waals surface area contributed by atoms with Gasteiger partial charge in [-0.05, 0) is 41.9 Å². The van der Waals surface area contributed by atoms with Gasteiger partial charge in [0.1, 0.15) is 18.1 Å². The molecular weight excluding hydrogens is 440 g/mol. The van der Waals surface area contributed by atoms with Crippen molar-refractivity contribution in [3.8, 4) is 17.1 Å². The number of fused-ring (bicyclic) bond motifs is 1. The molecule has 1 aliphatic heterocycles. The van der Waals surface area contributed by atoms with Crippen LogP contribution < -0.4 is 10.5 Å². The normalized spacial score (nSPS) is 15.9. The van der Waals surface area contributed by atoms with Crippen LogP contribution in [0.1, 0.15) is 31.1 Å². The highest BCUT2D eigenvalue weighted by molar-refractivity contribution is 5.86. The largest absolute Gasteiger partial charge is 0.362 e. The highest BCUT2D eigenvalue weighted by atomic mass is 16.9. The predicted molar refractivity (Wildman–Crippen MR) is 136 cm³/mol. The minimum Gasteiger partial charge on any atom is -0.362 e. The molecule has 0 saturated carbocycles. The van der Waals surface area contributed by atoms with Gasteiger partial charge in [0.2, 0.25) is 0 Å². The average Bonchev–Trinajstić information content (AvgIpc) is 3.35. The summed E-state index contributed by atoms with van der Waals surface area (Å²) < 4.78 is 0. The lowest BCUT2D eigenvalue weighted by atomic mass is 10.1. The Morgan fingerprint density at radius 3 is 2.46 bits per heavy atom. The van der Waals surface area contributed by atoms with Crippen LogP contribution in [0.5, 0.6) is 5.88 Å². The van der Waals surface area contributed by atoms with Crippen molar-refractivity contribution in [2.24, 2.45) is 0 Å². The zero-order chi connectivity index (χ0) is 24.0. The van der Waals surface area contributed by atoms with Gasteiger partial charge in [-0.25, -0.2) is 4.98 Å². The molecule has 1 unspecified atom stereocenters. The van der Waals surface area contributed by atoms with Crippen LogP contribution in [0.3, 0.4) is 0 Å². The molecule has 0 bridgehead atoms. The molecule has 5 rings (SSSR count). The van der Waals surface area contributed by atoms with E-state index < -0.39 is 0 Å². The zero-order valence-corrected chi connectivity index (χ0v) is 20.3. The molecule has 1 fully saturated rings. The fourth-order valence-corrected chi connectivity index (χ4v) is 4.39. The second-order valence-electron chi connectivity index (χ2n) is 8.89. The lowest BCUT2D eigenvalue weighted by molar-refractivity contribution is -0.142. The molecule has 4 aromatic rings. The van der Waals surface area contributed by atoms with E-state index >= 15 is 0 Å². The van der Waals surface area contributed by atoms with Gasteiger partial charge in [0.15, 0.2) is 0 Å². The molecule has 8 nitrogen and oxygen atoms in total. The van der Waals surface area contributed by atoms with Gasteiger partial charge in [0.05, 0.1) is 5.39 Å². The summed E-state index contributed by atoms with van der Waals surface area (Å²) in [5.41, 5.74) is 7.72. The van der Waals surface area contributed by atoms with E-state index in [4.69, 9.17) is 9.68 Å². The standard InChI is InChI=1S/C27H32N6O2/c1-3-32-13-15-33(16-14-32)18-21-9-11-23(12-10-21)25-17-24-26(30-25)28-19-29-27(24)35-31-34-20(2)22-7-5-4-6-8-22/h4-12,17,19-20,31H,3,13-16,18H2,1-2H3,(H,28,29,30). The fourth-order valence-electron chi connectivity index (χ4n) is 4.39. The lowest BCUT2D eigenvalue weighted by Crippen LogP contribution is -2.45. The summed E-state index contributed by atoms with van der Waals surface area (Å²) >= 11 is 0. The first kappa shape index (κ1) is 23.4. The van der Waals surface area contributed by atoms with Crippen LogP contribution >= 0.6 is 0 Å². The molecule has 2 aromatic heterocycles. The molecule has 8 heteroatoms. The van der Waals surface area contributed by atoms with Crippen molar-refractivity contribution in [2.45, 2.75) is 26.5 Å². The van der Waals surface area contributed by atoms with E-state index in [1.54, 1.807) is 0 Å². The molecule has 2 N–H and O–H groups in total. The van der Waals surface area contributed by atoms with Gasteiger partial charge in [0, 0.05) is 38.4 Å². The van der Waals surface area contributed by atoms with Crippen LogP contribution in [0, 0.1) is 0 Å². The smallest absolute Gasteiger partial charge is 0.253 e. The van der Waals surface area contributed by atoms with E-state index in [0.29, 0.717) is 11.5 Å². The quantitative estimate of drug-likeness (QED) is 0.351. The summed E-state index contributed by atoms with van der Waals surface area (Å²) in [6.45, 7) is 10.9. The number of benzene rings is 2. The van der Waals surface area contributed by atoms with Gasteiger partial charge in [-0.15, -0.1) is 0 Å². The number of hydrogen-bond donors (Lipinski definition) is 2. The first-order chi connectivity index (χ1) is 17.2. The van der Waals surface area contributed by atoms with Crippen LogP contribution in [-0.2, 0) is 11.4 Å². The Morgan fingerprint density at radius 1 is 0.971 bits per heavy atom. The second-order valence-corrected chi connectivity index (χ2v) is 8.89. The summed E-state index contributed by atoms with van der Waals surface area (Å²) in [4.78, 5) is 28.3. The van der Waals surface area contributed by atoms with Gasteiger partial charge >= 0.3 is 0 Å². The molecule has 0 spiro atoms. The predicted octanol–water partition coefficient (Wildman–Crippen LogP) is 4.34. The number of aromatic nitrogens is 3. The molecule has 1 saturated heterocycles. The van der Waals surface area contributed by atoms with E-state index in [9.17, 15) is 0 Å². The molecule has 0 amide bonds. The van der Waals surface area contributed by atoms with E-state index in [-0.39, 0.29) is 6.10 Å². The third-order valence-corrected chi connectivity index (χ3v) is 6.60. The van der Waals surface area contributed by atoms with Crippen molar-refractivity contribution < 1.29 is 9.68 Å². The number of hydrogen-bond acceptors (Lipinski definition) is 7. The molecular formula is C27H32N6O2. The first-order valence-electron chi connectivity index (χ1n) is 12.2. The Hall–Kier alpha value is -3.30.